The summed E-state index contributed by atoms with van der Waals surface area (Å²) in [5.41, 5.74) is 2.40. The zero-order valence-electron chi connectivity index (χ0n) is 17.0. The molecule has 0 N–H and O–H groups in total. The molecule has 2 aromatic heterocycles. The van der Waals surface area contributed by atoms with Crippen LogP contribution in [0.15, 0.2) is 86.1 Å². The van der Waals surface area contributed by atoms with Crippen LogP contribution in [-0.2, 0) is 4.79 Å². The molecule has 0 bridgehead atoms. The quantitative estimate of drug-likeness (QED) is 0.298. The van der Waals surface area contributed by atoms with E-state index >= 15 is 0 Å². The smallest absolute Gasteiger partial charge is 0.277 e. The van der Waals surface area contributed by atoms with Crippen molar-refractivity contribution in [3.05, 3.63) is 88.3 Å². The van der Waals surface area contributed by atoms with Crippen LogP contribution in [0.3, 0.4) is 0 Å². The molecule has 4 aromatic rings. The van der Waals surface area contributed by atoms with Gasteiger partial charge in [-0.3, -0.25) is 4.79 Å². The summed E-state index contributed by atoms with van der Waals surface area (Å²) in [6.07, 6.45) is 2.12. The lowest BCUT2D eigenvalue weighted by Crippen LogP contribution is -2.28. The number of amides is 1. The van der Waals surface area contributed by atoms with Gasteiger partial charge in [-0.25, -0.2) is 5.01 Å². The number of hydrogen-bond acceptors (Lipinski definition) is 7. The van der Waals surface area contributed by atoms with Gasteiger partial charge in [-0.1, -0.05) is 53.2 Å². The van der Waals surface area contributed by atoms with Gasteiger partial charge in [0, 0.05) is 22.0 Å². The average Bonchev–Trinajstić information content (AvgIpc) is 3.58. The molecule has 10 heteroatoms. The molecule has 166 valence electrons. The summed E-state index contributed by atoms with van der Waals surface area (Å²) in [7, 11) is 0. The largest absolute Gasteiger partial charge is 0.467 e. The molecule has 0 radical (unpaired) electrons. The van der Waals surface area contributed by atoms with Crippen LogP contribution in [0.2, 0.25) is 10.0 Å². The maximum atomic E-state index is 13.1. The van der Waals surface area contributed by atoms with E-state index in [-0.39, 0.29) is 22.9 Å². The molecule has 5 rings (SSSR count). The summed E-state index contributed by atoms with van der Waals surface area (Å²) >= 11 is 13.2. The first kappa shape index (κ1) is 21.8. The molecule has 0 spiro atoms. The fourth-order valence-corrected chi connectivity index (χ4v) is 4.39. The Morgan fingerprint density at radius 2 is 1.88 bits per heavy atom. The third kappa shape index (κ3) is 4.83. The molecule has 1 amide bonds. The molecule has 3 heterocycles. The number of halogens is 2. The standard InChI is InChI=1S/C23H16Cl2N4O3S/c24-16-8-6-14(7-9-16)18-12-19(20-5-2-10-31-20)29(28-18)21(30)13-33-23-27-26-22(32-23)15-3-1-4-17(25)11-15/h1-11,19H,12-13H2. The average molecular weight is 499 g/mol. The first-order valence-electron chi connectivity index (χ1n) is 9.98. The van der Waals surface area contributed by atoms with Crippen LogP contribution in [0, 0.1) is 0 Å². The number of hydrogen-bond donors (Lipinski definition) is 0. The van der Waals surface area contributed by atoms with Gasteiger partial charge in [0.25, 0.3) is 11.1 Å². The van der Waals surface area contributed by atoms with E-state index in [9.17, 15) is 4.79 Å². The zero-order chi connectivity index (χ0) is 22.8. The number of hydrazone groups is 1. The van der Waals surface area contributed by atoms with Gasteiger partial charge < -0.3 is 8.83 Å². The number of carbonyl (C=O) groups is 1. The summed E-state index contributed by atoms with van der Waals surface area (Å²) in [5.74, 6) is 0.881. The first-order valence-corrected chi connectivity index (χ1v) is 11.7. The van der Waals surface area contributed by atoms with Gasteiger partial charge in [-0.15, -0.1) is 10.2 Å². The van der Waals surface area contributed by atoms with E-state index < -0.39 is 0 Å². The molecule has 1 unspecified atom stereocenters. The fraction of sp³-hybridized carbons (Fsp3) is 0.130. The molecule has 2 aromatic carbocycles. The van der Waals surface area contributed by atoms with Gasteiger partial charge in [0.2, 0.25) is 5.89 Å². The van der Waals surface area contributed by atoms with Crippen LogP contribution in [0.25, 0.3) is 11.5 Å². The Labute approximate surface area is 203 Å². The van der Waals surface area contributed by atoms with E-state index in [0.29, 0.717) is 33.7 Å². The molecule has 1 aliphatic rings. The Hall–Kier alpha value is -3.07. The third-order valence-electron chi connectivity index (χ3n) is 5.01. The van der Waals surface area contributed by atoms with Crippen molar-refractivity contribution in [2.45, 2.75) is 17.7 Å². The summed E-state index contributed by atoms with van der Waals surface area (Å²) in [6, 6.07) is 17.8. The van der Waals surface area contributed by atoms with Crippen molar-refractivity contribution in [3.63, 3.8) is 0 Å². The first-order chi connectivity index (χ1) is 16.1. The Morgan fingerprint density at radius 1 is 1.03 bits per heavy atom. The second-order valence-electron chi connectivity index (χ2n) is 7.20. The highest BCUT2D eigenvalue weighted by molar-refractivity contribution is 7.99. The van der Waals surface area contributed by atoms with Crippen molar-refractivity contribution < 1.29 is 13.6 Å². The van der Waals surface area contributed by atoms with Gasteiger partial charge in [0.1, 0.15) is 11.8 Å². The van der Waals surface area contributed by atoms with E-state index in [4.69, 9.17) is 32.0 Å². The lowest BCUT2D eigenvalue weighted by Gasteiger charge is -2.19. The van der Waals surface area contributed by atoms with Crippen LogP contribution >= 0.6 is 35.0 Å². The van der Waals surface area contributed by atoms with Crippen molar-refractivity contribution in [1.82, 2.24) is 15.2 Å². The third-order valence-corrected chi connectivity index (χ3v) is 6.30. The summed E-state index contributed by atoms with van der Waals surface area (Å²) in [4.78, 5) is 13.1. The van der Waals surface area contributed by atoms with Gasteiger partial charge in [0.05, 0.1) is 17.7 Å². The molecule has 0 aliphatic carbocycles. The Kier molecular flexibility index (Phi) is 6.22. The fourth-order valence-electron chi connectivity index (χ4n) is 3.46. The minimum atomic E-state index is -0.330. The minimum Gasteiger partial charge on any atom is -0.467 e. The van der Waals surface area contributed by atoms with Crippen molar-refractivity contribution >= 4 is 46.6 Å². The van der Waals surface area contributed by atoms with Gasteiger partial charge in [0.15, 0.2) is 0 Å². The number of aromatic nitrogens is 2. The summed E-state index contributed by atoms with van der Waals surface area (Å²) in [5, 5.41) is 15.6. The predicted octanol–water partition coefficient (Wildman–Crippen LogP) is 6.11. The second kappa shape index (κ2) is 9.43. The number of nitrogens with zero attached hydrogens (tertiary/aromatic N) is 4. The molecule has 1 atom stereocenters. The van der Waals surface area contributed by atoms with Crippen molar-refractivity contribution in [2.24, 2.45) is 5.10 Å². The zero-order valence-corrected chi connectivity index (χ0v) is 19.3. The maximum absolute atomic E-state index is 13.1. The highest BCUT2D eigenvalue weighted by Gasteiger charge is 2.35. The molecule has 1 aliphatic heterocycles. The molecule has 7 nitrogen and oxygen atoms in total. The molecular weight excluding hydrogens is 483 g/mol. The summed E-state index contributed by atoms with van der Waals surface area (Å²) in [6.45, 7) is 0. The predicted molar refractivity (Wildman–Crippen MR) is 126 cm³/mol. The molecular formula is C23H16Cl2N4O3S. The topological polar surface area (TPSA) is 84.7 Å². The monoisotopic (exact) mass is 498 g/mol. The van der Waals surface area contributed by atoms with Gasteiger partial charge in [-0.05, 0) is 48.0 Å². The number of benzene rings is 2. The molecule has 0 saturated carbocycles. The maximum Gasteiger partial charge on any atom is 0.277 e. The van der Waals surface area contributed by atoms with Crippen molar-refractivity contribution in [1.29, 1.82) is 0 Å². The lowest BCUT2D eigenvalue weighted by molar-refractivity contribution is -0.130. The Morgan fingerprint density at radius 3 is 2.64 bits per heavy atom. The minimum absolute atomic E-state index is 0.0752. The number of thioether (sulfide) groups is 1. The number of furan rings is 1. The SMILES string of the molecule is O=C(CSc1nnc(-c2cccc(Cl)c2)o1)N1N=C(c2ccc(Cl)cc2)CC1c1ccco1. The van der Waals surface area contributed by atoms with E-state index in [0.717, 1.165) is 23.0 Å². The number of rotatable bonds is 6. The number of carbonyl (C=O) groups excluding carboxylic acids is 1. The van der Waals surface area contributed by atoms with E-state index in [1.807, 2.05) is 24.3 Å². The normalized spacial score (nSPS) is 15.6. The highest BCUT2D eigenvalue weighted by Crippen LogP contribution is 2.34. The van der Waals surface area contributed by atoms with Crippen LogP contribution in [-0.4, -0.2) is 32.6 Å². The van der Waals surface area contributed by atoms with E-state index in [1.54, 1.807) is 42.7 Å². The summed E-state index contributed by atoms with van der Waals surface area (Å²) < 4.78 is 11.3. The van der Waals surface area contributed by atoms with Crippen molar-refractivity contribution in [2.75, 3.05) is 5.75 Å². The molecule has 33 heavy (non-hydrogen) atoms. The van der Waals surface area contributed by atoms with Crippen LogP contribution in [0.5, 0.6) is 0 Å². The lowest BCUT2D eigenvalue weighted by atomic mass is 10.0. The van der Waals surface area contributed by atoms with Gasteiger partial charge in [-0.2, -0.15) is 5.10 Å². The Bertz CT molecular complexity index is 1310. The van der Waals surface area contributed by atoms with Crippen LogP contribution < -0.4 is 0 Å². The van der Waals surface area contributed by atoms with Gasteiger partial charge >= 0.3 is 0 Å². The molecule has 0 fully saturated rings. The highest BCUT2D eigenvalue weighted by atomic mass is 35.5. The van der Waals surface area contributed by atoms with Crippen molar-refractivity contribution in [3.8, 4) is 11.5 Å². The Balaban J connectivity index is 1.32. The van der Waals surface area contributed by atoms with Crippen LogP contribution in [0.4, 0.5) is 0 Å². The second-order valence-corrected chi connectivity index (χ2v) is 9.00. The van der Waals surface area contributed by atoms with Crippen LogP contribution in [0.1, 0.15) is 23.8 Å². The molecule has 0 saturated heterocycles. The van der Waals surface area contributed by atoms with E-state index in [2.05, 4.69) is 15.3 Å². The van der Waals surface area contributed by atoms with E-state index in [1.165, 1.54) is 5.01 Å².